The zero-order valence-electron chi connectivity index (χ0n) is 14.2. The summed E-state index contributed by atoms with van der Waals surface area (Å²) in [6.07, 6.45) is 4.81. The van der Waals surface area contributed by atoms with Gasteiger partial charge in [-0.2, -0.15) is 0 Å². The van der Waals surface area contributed by atoms with Crippen LogP contribution in [0.5, 0.6) is 0 Å². The molecule has 0 spiro atoms. The highest BCUT2D eigenvalue weighted by Gasteiger charge is 2.38. The Balaban J connectivity index is 1.30. The summed E-state index contributed by atoms with van der Waals surface area (Å²) in [6.45, 7) is 0.536. The van der Waals surface area contributed by atoms with Crippen LogP contribution < -0.4 is 5.32 Å². The number of thioether (sulfide) groups is 1. The molecule has 1 atom stereocenters. The van der Waals surface area contributed by atoms with Gasteiger partial charge < -0.3 is 10.2 Å². The number of nitrogens with one attached hydrogen (secondary N) is 1. The van der Waals surface area contributed by atoms with Crippen molar-refractivity contribution >= 4 is 51.4 Å². The third kappa shape index (κ3) is 4.10. The predicted molar refractivity (Wildman–Crippen MR) is 104 cm³/mol. The molecule has 138 valence electrons. The number of likely N-dealkylation sites (tertiary alicyclic amines) is 1. The Morgan fingerprint density at radius 1 is 1.35 bits per heavy atom. The van der Waals surface area contributed by atoms with E-state index in [9.17, 15) is 9.59 Å². The molecular weight excluding hydrogens is 388 g/mol. The molecule has 1 aliphatic carbocycles. The number of nitrogens with zero attached hydrogens (tertiary/aromatic N) is 3. The van der Waals surface area contributed by atoms with Crippen molar-refractivity contribution in [3.63, 3.8) is 0 Å². The van der Waals surface area contributed by atoms with Crippen molar-refractivity contribution in [2.75, 3.05) is 11.9 Å². The normalized spacial score (nSPS) is 20.8. The topological polar surface area (TPSA) is 75.2 Å². The molecule has 0 radical (unpaired) electrons. The summed E-state index contributed by atoms with van der Waals surface area (Å²) in [7, 11) is 0. The molecule has 6 nitrogen and oxygen atoms in total. The summed E-state index contributed by atoms with van der Waals surface area (Å²) in [4.78, 5) is 28.0. The molecule has 1 aliphatic heterocycles. The van der Waals surface area contributed by atoms with Crippen molar-refractivity contribution in [1.29, 1.82) is 0 Å². The maximum absolute atomic E-state index is 12.5. The molecule has 2 aromatic heterocycles. The van der Waals surface area contributed by atoms with Crippen LogP contribution in [-0.4, -0.2) is 39.5 Å². The zero-order chi connectivity index (χ0) is 17.9. The van der Waals surface area contributed by atoms with Gasteiger partial charge in [-0.25, -0.2) is 0 Å². The fourth-order valence-electron chi connectivity index (χ4n) is 3.53. The molecule has 1 saturated heterocycles. The maximum atomic E-state index is 12.5. The molecule has 0 bridgehead atoms. The lowest BCUT2D eigenvalue weighted by atomic mass is 10.1. The van der Waals surface area contributed by atoms with E-state index in [1.54, 1.807) is 23.1 Å². The van der Waals surface area contributed by atoms with Gasteiger partial charge >= 0.3 is 0 Å². The monoisotopic (exact) mass is 408 g/mol. The minimum Gasteiger partial charge on any atom is -0.339 e. The van der Waals surface area contributed by atoms with Gasteiger partial charge in [0.1, 0.15) is 0 Å². The Bertz CT molecular complexity index is 771. The maximum Gasteiger partial charge on any atom is 0.231 e. The van der Waals surface area contributed by atoms with Gasteiger partial charge in [0, 0.05) is 29.6 Å². The summed E-state index contributed by atoms with van der Waals surface area (Å²) >= 11 is 4.72. The largest absolute Gasteiger partial charge is 0.339 e. The van der Waals surface area contributed by atoms with Gasteiger partial charge in [0.25, 0.3) is 0 Å². The standard InChI is InChI=1S/C17H20N4O2S3/c22-14-8-11(9-21(14)12-4-1-2-5-12)15(23)18-16-19-20-17(26-16)25-10-13-6-3-7-24-13/h3,6-7,11-12H,1-2,4-5,8-10H2,(H,18,19,23). The van der Waals surface area contributed by atoms with E-state index >= 15 is 0 Å². The van der Waals surface area contributed by atoms with E-state index in [0.717, 1.165) is 22.9 Å². The van der Waals surface area contributed by atoms with Crippen LogP contribution in [0.2, 0.25) is 0 Å². The average Bonchev–Trinajstić information content (AvgIpc) is 3.40. The average molecular weight is 409 g/mol. The Kier molecular flexibility index (Phi) is 5.56. The molecule has 2 aliphatic rings. The van der Waals surface area contributed by atoms with Gasteiger partial charge in [-0.15, -0.1) is 21.5 Å². The van der Waals surface area contributed by atoms with Gasteiger partial charge in [0.15, 0.2) is 4.34 Å². The molecule has 9 heteroatoms. The number of hydrogen-bond acceptors (Lipinski definition) is 7. The molecule has 2 aromatic rings. The second-order valence-electron chi connectivity index (χ2n) is 6.62. The van der Waals surface area contributed by atoms with Crippen molar-refractivity contribution in [1.82, 2.24) is 15.1 Å². The first kappa shape index (κ1) is 17.9. The number of amides is 2. The van der Waals surface area contributed by atoms with E-state index in [2.05, 4.69) is 27.0 Å². The number of thiophene rings is 1. The summed E-state index contributed by atoms with van der Waals surface area (Å²) in [5, 5.41) is 13.6. The molecule has 4 rings (SSSR count). The second kappa shape index (κ2) is 8.06. The summed E-state index contributed by atoms with van der Waals surface area (Å²) in [5.74, 6) is 0.564. The van der Waals surface area contributed by atoms with Crippen molar-refractivity contribution in [3.05, 3.63) is 22.4 Å². The molecule has 1 N–H and O–H groups in total. The van der Waals surface area contributed by atoms with Gasteiger partial charge in [-0.05, 0) is 24.3 Å². The Labute approximate surface area is 164 Å². The van der Waals surface area contributed by atoms with Crippen LogP contribution in [0.4, 0.5) is 5.13 Å². The molecule has 1 unspecified atom stereocenters. The molecule has 1 saturated carbocycles. The lowest BCUT2D eigenvalue weighted by molar-refractivity contribution is -0.129. The fourth-order valence-corrected chi connectivity index (χ4v) is 6.06. The number of carbonyl (C=O) groups is 2. The van der Waals surface area contributed by atoms with E-state index in [1.165, 1.54) is 29.1 Å². The number of hydrogen-bond donors (Lipinski definition) is 1. The van der Waals surface area contributed by atoms with Crippen LogP contribution in [0.1, 0.15) is 37.0 Å². The second-order valence-corrected chi connectivity index (χ2v) is 9.85. The Morgan fingerprint density at radius 2 is 2.19 bits per heavy atom. The van der Waals surface area contributed by atoms with E-state index in [-0.39, 0.29) is 17.7 Å². The van der Waals surface area contributed by atoms with Gasteiger partial charge in [0.05, 0.1) is 5.92 Å². The van der Waals surface area contributed by atoms with Crippen LogP contribution in [0, 0.1) is 5.92 Å². The third-order valence-electron chi connectivity index (χ3n) is 4.85. The number of rotatable bonds is 6. The fraction of sp³-hybridized carbons (Fsp3) is 0.529. The molecule has 2 amide bonds. The minimum absolute atomic E-state index is 0.113. The van der Waals surface area contributed by atoms with Crippen LogP contribution >= 0.6 is 34.4 Å². The predicted octanol–water partition coefficient (Wildman–Crippen LogP) is 3.62. The zero-order valence-corrected chi connectivity index (χ0v) is 16.7. The third-order valence-corrected chi connectivity index (χ3v) is 7.93. The van der Waals surface area contributed by atoms with Crippen molar-refractivity contribution in [2.45, 2.75) is 48.2 Å². The number of aromatic nitrogens is 2. The van der Waals surface area contributed by atoms with E-state index in [1.807, 2.05) is 11.0 Å². The van der Waals surface area contributed by atoms with Crippen LogP contribution in [0.15, 0.2) is 21.9 Å². The molecule has 2 fully saturated rings. The Hall–Kier alpha value is -1.45. The van der Waals surface area contributed by atoms with Gasteiger partial charge in [-0.1, -0.05) is 42.0 Å². The van der Waals surface area contributed by atoms with Crippen molar-refractivity contribution < 1.29 is 9.59 Å². The summed E-state index contributed by atoms with van der Waals surface area (Å²) in [6, 6.07) is 4.46. The molecular formula is C17H20N4O2S3. The smallest absolute Gasteiger partial charge is 0.231 e. The van der Waals surface area contributed by atoms with E-state index in [0.29, 0.717) is 24.1 Å². The SMILES string of the molecule is O=C(Nc1nnc(SCc2cccs2)s1)C1CC(=O)N(C2CCCC2)C1. The highest BCUT2D eigenvalue weighted by atomic mass is 32.2. The lowest BCUT2D eigenvalue weighted by Gasteiger charge is -2.23. The molecule has 3 heterocycles. The van der Waals surface area contributed by atoms with E-state index in [4.69, 9.17) is 0 Å². The minimum atomic E-state index is -0.283. The molecule has 0 aromatic carbocycles. The van der Waals surface area contributed by atoms with Crippen LogP contribution in [0.25, 0.3) is 0 Å². The quantitative estimate of drug-likeness (QED) is 0.584. The van der Waals surface area contributed by atoms with Crippen LogP contribution in [-0.2, 0) is 15.3 Å². The van der Waals surface area contributed by atoms with Crippen LogP contribution in [0.3, 0.4) is 0 Å². The summed E-state index contributed by atoms with van der Waals surface area (Å²) in [5.41, 5.74) is 0. The Morgan fingerprint density at radius 3 is 2.96 bits per heavy atom. The first-order valence-corrected chi connectivity index (χ1v) is 11.5. The first-order chi connectivity index (χ1) is 12.7. The van der Waals surface area contributed by atoms with Crippen molar-refractivity contribution in [2.24, 2.45) is 5.92 Å². The number of carbonyl (C=O) groups excluding carboxylic acids is 2. The first-order valence-electron chi connectivity index (χ1n) is 8.78. The number of anilines is 1. The molecule has 26 heavy (non-hydrogen) atoms. The van der Waals surface area contributed by atoms with E-state index < -0.39 is 0 Å². The lowest BCUT2D eigenvalue weighted by Crippen LogP contribution is -2.35. The van der Waals surface area contributed by atoms with Gasteiger partial charge in [-0.3, -0.25) is 9.59 Å². The van der Waals surface area contributed by atoms with Crippen molar-refractivity contribution in [3.8, 4) is 0 Å². The highest BCUT2D eigenvalue weighted by molar-refractivity contribution is 8.00. The highest BCUT2D eigenvalue weighted by Crippen LogP contribution is 2.32. The summed E-state index contributed by atoms with van der Waals surface area (Å²) < 4.78 is 0.837. The van der Waals surface area contributed by atoms with Gasteiger partial charge in [0.2, 0.25) is 16.9 Å².